The molecule has 1 atom stereocenters. The number of aliphatic carboxylic acids is 1. The summed E-state index contributed by atoms with van der Waals surface area (Å²) in [5.74, 6) is -2.11. The van der Waals surface area contributed by atoms with Crippen LogP contribution >= 0.6 is 23.2 Å². The molecule has 1 aromatic carbocycles. The number of nitro benzene ring substituents is 1. The van der Waals surface area contributed by atoms with Crippen LogP contribution < -0.4 is 5.32 Å². The average Bonchev–Trinajstić information content (AvgIpc) is 2.40. The standard InChI is InChI=1S/C11H10Cl2N2O6/c12-6-3-5(4-7(9(6)13)15(20)21)10(17)14-2-1-8(16)11(18)19/h3-4,8,16H,1-2H2,(H,14,17)(H,18,19)/t8-/m0/s1. The lowest BCUT2D eigenvalue weighted by Crippen LogP contribution is -2.30. The van der Waals surface area contributed by atoms with Crippen molar-refractivity contribution in [1.29, 1.82) is 0 Å². The quantitative estimate of drug-likeness (QED) is 0.532. The predicted octanol–water partition coefficient (Wildman–Crippen LogP) is 1.47. The molecule has 0 heterocycles. The zero-order valence-corrected chi connectivity index (χ0v) is 11.9. The molecule has 1 amide bonds. The monoisotopic (exact) mass is 336 g/mol. The highest BCUT2D eigenvalue weighted by atomic mass is 35.5. The van der Waals surface area contributed by atoms with Crippen LogP contribution in [-0.4, -0.2) is 39.7 Å². The van der Waals surface area contributed by atoms with E-state index in [4.69, 9.17) is 33.4 Å². The van der Waals surface area contributed by atoms with Crippen molar-refractivity contribution in [2.45, 2.75) is 12.5 Å². The summed E-state index contributed by atoms with van der Waals surface area (Å²) in [4.78, 5) is 32.1. The number of nitrogens with zero attached hydrogens (tertiary/aromatic N) is 1. The van der Waals surface area contributed by atoms with E-state index in [2.05, 4.69) is 5.32 Å². The third kappa shape index (κ3) is 4.55. The number of carboxylic acids is 1. The molecule has 0 aromatic heterocycles. The van der Waals surface area contributed by atoms with Gasteiger partial charge in [-0.25, -0.2) is 4.79 Å². The summed E-state index contributed by atoms with van der Waals surface area (Å²) in [6.07, 6.45) is -1.81. The van der Waals surface area contributed by atoms with E-state index in [1.54, 1.807) is 0 Å². The minimum absolute atomic E-state index is 0.0964. The Morgan fingerprint density at radius 1 is 1.38 bits per heavy atom. The van der Waals surface area contributed by atoms with E-state index < -0.39 is 28.6 Å². The number of rotatable bonds is 6. The highest BCUT2D eigenvalue weighted by Gasteiger charge is 2.20. The number of hydrogen-bond donors (Lipinski definition) is 3. The summed E-state index contributed by atoms with van der Waals surface area (Å²) in [5.41, 5.74) is -0.610. The molecule has 0 spiro atoms. The van der Waals surface area contributed by atoms with E-state index in [9.17, 15) is 19.7 Å². The van der Waals surface area contributed by atoms with Crippen molar-refractivity contribution in [3.63, 3.8) is 0 Å². The van der Waals surface area contributed by atoms with Gasteiger partial charge >= 0.3 is 5.97 Å². The molecule has 21 heavy (non-hydrogen) atoms. The van der Waals surface area contributed by atoms with Gasteiger partial charge in [0.1, 0.15) is 5.02 Å². The Balaban J connectivity index is 2.79. The minimum Gasteiger partial charge on any atom is -0.479 e. The summed E-state index contributed by atoms with van der Waals surface area (Å²) >= 11 is 11.3. The van der Waals surface area contributed by atoms with Crippen LogP contribution in [0.2, 0.25) is 10.0 Å². The van der Waals surface area contributed by atoms with E-state index in [1.807, 2.05) is 0 Å². The van der Waals surface area contributed by atoms with Crippen molar-refractivity contribution in [1.82, 2.24) is 5.32 Å². The molecule has 0 aliphatic carbocycles. The summed E-state index contributed by atoms with van der Waals surface area (Å²) < 4.78 is 0. The minimum atomic E-state index is -1.60. The first-order valence-electron chi connectivity index (χ1n) is 5.56. The van der Waals surface area contributed by atoms with Gasteiger partial charge in [-0.15, -0.1) is 0 Å². The normalized spacial score (nSPS) is 11.8. The van der Waals surface area contributed by atoms with Crippen molar-refractivity contribution < 1.29 is 24.7 Å². The lowest BCUT2D eigenvalue weighted by molar-refractivity contribution is -0.384. The Hall–Kier alpha value is -1.90. The molecule has 8 nitrogen and oxygen atoms in total. The first-order chi connectivity index (χ1) is 9.73. The highest BCUT2D eigenvalue weighted by Crippen LogP contribution is 2.32. The van der Waals surface area contributed by atoms with Crippen molar-refractivity contribution >= 4 is 40.8 Å². The van der Waals surface area contributed by atoms with Gasteiger partial charge in [0.25, 0.3) is 11.6 Å². The molecule has 0 fully saturated rings. The van der Waals surface area contributed by atoms with Gasteiger partial charge in [0, 0.05) is 24.6 Å². The van der Waals surface area contributed by atoms with Crippen LogP contribution in [0.5, 0.6) is 0 Å². The van der Waals surface area contributed by atoms with Gasteiger partial charge in [-0.2, -0.15) is 0 Å². The molecule has 0 unspecified atom stereocenters. The molecule has 0 radical (unpaired) electrons. The molecule has 1 rings (SSSR count). The molecule has 0 saturated carbocycles. The number of halogens is 2. The van der Waals surface area contributed by atoms with Crippen molar-refractivity contribution in [2.75, 3.05) is 6.54 Å². The average molecular weight is 337 g/mol. The Kier molecular flexibility index (Phi) is 5.89. The zero-order valence-electron chi connectivity index (χ0n) is 10.4. The Labute approximate surface area is 128 Å². The van der Waals surface area contributed by atoms with E-state index >= 15 is 0 Å². The van der Waals surface area contributed by atoms with Gasteiger partial charge in [0.2, 0.25) is 0 Å². The van der Waals surface area contributed by atoms with Crippen LogP contribution in [0, 0.1) is 10.1 Å². The smallest absolute Gasteiger partial charge is 0.332 e. The summed E-state index contributed by atoms with van der Waals surface area (Å²) in [5, 5.41) is 30.1. The van der Waals surface area contributed by atoms with Crippen molar-refractivity contribution in [3.05, 3.63) is 37.9 Å². The number of nitrogens with one attached hydrogen (secondary N) is 1. The molecule has 1 aromatic rings. The second-order valence-electron chi connectivity index (χ2n) is 3.95. The summed E-state index contributed by atoms with van der Waals surface area (Å²) in [7, 11) is 0. The lowest BCUT2D eigenvalue weighted by Gasteiger charge is -2.08. The Bertz CT molecular complexity index is 592. The van der Waals surface area contributed by atoms with Gasteiger partial charge < -0.3 is 15.5 Å². The first-order valence-corrected chi connectivity index (χ1v) is 6.32. The number of hydrogen-bond acceptors (Lipinski definition) is 5. The fourth-order valence-corrected chi connectivity index (χ4v) is 1.78. The van der Waals surface area contributed by atoms with Gasteiger partial charge in [-0.3, -0.25) is 14.9 Å². The third-order valence-corrected chi connectivity index (χ3v) is 3.25. The number of carbonyl (C=O) groups excluding carboxylic acids is 1. The topological polar surface area (TPSA) is 130 Å². The molecule has 3 N–H and O–H groups in total. The molecular weight excluding hydrogens is 327 g/mol. The lowest BCUT2D eigenvalue weighted by atomic mass is 10.2. The number of aliphatic hydroxyl groups is 1. The van der Waals surface area contributed by atoms with E-state index in [0.717, 1.165) is 12.1 Å². The van der Waals surface area contributed by atoms with Crippen LogP contribution in [0.4, 0.5) is 5.69 Å². The van der Waals surface area contributed by atoms with E-state index in [0.29, 0.717) is 0 Å². The number of carboxylic acid groups (broad SMARTS) is 1. The fourth-order valence-electron chi connectivity index (χ4n) is 1.39. The number of nitro groups is 1. The van der Waals surface area contributed by atoms with Crippen LogP contribution in [0.25, 0.3) is 0 Å². The number of aliphatic hydroxyl groups excluding tert-OH is 1. The van der Waals surface area contributed by atoms with Gasteiger partial charge in [-0.1, -0.05) is 23.2 Å². The fraction of sp³-hybridized carbons (Fsp3) is 0.273. The van der Waals surface area contributed by atoms with Gasteiger partial charge in [0.15, 0.2) is 6.10 Å². The number of benzene rings is 1. The molecule has 10 heteroatoms. The second-order valence-corrected chi connectivity index (χ2v) is 4.73. The largest absolute Gasteiger partial charge is 0.479 e. The van der Waals surface area contributed by atoms with Gasteiger partial charge in [0.05, 0.1) is 9.95 Å². The highest BCUT2D eigenvalue weighted by molar-refractivity contribution is 6.43. The Morgan fingerprint density at radius 3 is 2.52 bits per heavy atom. The maximum Gasteiger partial charge on any atom is 0.332 e. The maximum atomic E-state index is 11.8. The molecule has 0 aliphatic heterocycles. The number of amides is 1. The molecular formula is C11H10Cl2N2O6. The number of carbonyl (C=O) groups is 2. The first kappa shape index (κ1) is 17.2. The van der Waals surface area contributed by atoms with Crippen molar-refractivity contribution in [3.8, 4) is 0 Å². The van der Waals surface area contributed by atoms with E-state index in [-0.39, 0.29) is 28.6 Å². The predicted molar refractivity (Wildman–Crippen MR) is 73.7 cm³/mol. The molecule has 114 valence electrons. The maximum absolute atomic E-state index is 11.8. The summed E-state index contributed by atoms with van der Waals surface area (Å²) in [6.45, 7) is -0.125. The van der Waals surface area contributed by atoms with Crippen LogP contribution in [0.3, 0.4) is 0 Å². The third-order valence-electron chi connectivity index (χ3n) is 2.46. The summed E-state index contributed by atoms with van der Waals surface area (Å²) in [6, 6.07) is 2.11. The molecule has 0 saturated heterocycles. The van der Waals surface area contributed by atoms with E-state index in [1.165, 1.54) is 0 Å². The van der Waals surface area contributed by atoms with Crippen LogP contribution in [0.15, 0.2) is 12.1 Å². The molecule has 0 aliphatic rings. The Morgan fingerprint density at radius 2 is 2.00 bits per heavy atom. The molecule has 0 bridgehead atoms. The van der Waals surface area contributed by atoms with Gasteiger partial charge in [-0.05, 0) is 6.07 Å². The van der Waals surface area contributed by atoms with Crippen LogP contribution in [-0.2, 0) is 4.79 Å². The zero-order chi connectivity index (χ0) is 16.2. The van der Waals surface area contributed by atoms with Crippen molar-refractivity contribution in [2.24, 2.45) is 0 Å². The van der Waals surface area contributed by atoms with Crippen LogP contribution in [0.1, 0.15) is 16.8 Å². The SMILES string of the molecule is O=C(NCC[C@H](O)C(=O)O)c1cc(Cl)c(Cl)c([N+](=O)[O-])c1. The second kappa shape index (κ2) is 7.21.